The predicted molar refractivity (Wildman–Crippen MR) is 101 cm³/mol. The number of nitrogens with zero attached hydrogens (tertiary/aromatic N) is 2. The Kier molecular flexibility index (Phi) is 4.51. The molecule has 0 spiro atoms. The van der Waals surface area contributed by atoms with Crippen molar-refractivity contribution < 1.29 is 13.9 Å². The van der Waals surface area contributed by atoms with Gasteiger partial charge in [0.2, 0.25) is 5.71 Å². The molecule has 1 aliphatic heterocycles. The SMILES string of the molecule is CCN1CCCC1CNC(=O)c1cc2cc3ccc(OC)cc3nc2o1. The first kappa shape index (κ1) is 16.8. The number of hydrogen-bond donors (Lipinski definition) is 1. The lowest BCUT2D eigenvalue weighted by Gasteiger charge is -2.22. The molecule has 1 aromatic carbocycles. The van der Waals surface area contributed by atoms with E-state index < -0.39 is 0 Å². The Morgan fingerprint density at radius 3 is 3.04 bits per heavy atom. The molecule has 1 aliphatic rings. The quantitative estimate of drug-likeness (QED) is 0.763. The second-order valence-corrected chi connectivity index (χ2v) is 6.69. The van der Waals surface area contributed by atoms with E-state index in [0.717, 1.165) is 41.5 Å². The fourth-order valence-corrected chi connectivity index (χ4v) is 3.68. The van der Waals surface area contributed by atoms with Crippen LogP contribution in [0.15, 0.2) is 34.7 Å². The monoisotopic (exact) mass is 353 g/mol. The molecular weight excluding hydrogens is 330 g/mol. The van der Waals surface area contributed by atoms with Crippen LogP contribution in [0.25, 0.3) is 22.0 Å². The summed E-state index contributed by atoms with van der Waals surface area (Å²) in [5.41, 5.74) is 1.25. The van der Waals surface area contributed by atoms with E-state index in [1.165, 1.54) is 6.42 Å². The largest absolute Gasteiger partial charge is 0.497 e. The zero-order valence-electron chi connectivity index (χ0n) is 15.1. The van der Waals surface area contributed by atoms with Gasteiger partial charge >= 0.3 is 0 Å². The Hall–Kier alpha value is -2.60. The van der Waals surface area contributed by atoms with Gasteiger partial charge in [-0.3, -0.25) is 9.69 Å². The Labute approximate surface area is 152 Å². The number of fused-ring (bicyclic) bond motifs is 2. The maximum absolute atomic E-state index is 12.5. The number of pyridine rings is 1. The van der Waals surface area contributed by atoms with Gasteiger partial charge in [-0.05, 0) is 50.2 Å². The van der Waals surface area contributed by atoms with Gasteiger partial charge in [0.05, 0.1) is 12.6 Å². The Morgan fingerprint density at radius 2 is 2.23 bits per heavy atom. The van der Waals surface area contributed by atoms with Crippen molar-refractivity contribution in [3.05, 3.63) is 36.1 Å². The van der Waals surface area contributed by atoms with Gasteiger partial charge in [-0.15, -0.1) is 0 Å². The molecule has 0 radical (unpaired) electrons. The first-order valence-corrected chi connectivity index (χ1v) is 9.08. The summed E-state index contributed by atoms with van der Waals surface area (Å²) in [6, 6.07) is 9.86. The highest BCUT2D eigenvalue weighted by atomic mass is 16.5. The number of likely N-dealkylation sites (N-methyl/N-ethyl adjacent to an activating group) is 1. The molecule has 2 aromatic heterocycles. The lowest BCUT2D eigenvalue weighted by molar-refractivity contribution is 0.0915. The standard InChI is InChI=1S/C20H23N3O3/c1-3-23-8-4-5-15(23)12-21-19(24)18-10-14-9-13-6-7-16(25-2)11-17(13)22-20(14)26-18/h6-7,9-11,15H,3-5,8,12H2,1-2H3,(H,21,24). The lowest BCUT2D eigenvalue weighted by atomic mass is 10.2. The normalized spacial score (nSPS) is 17.8. The molecule has 1 atom stereocenters. The van der Waals surface area contributed by atoms with E-state index in [-0.39, 0.29) is 5.91 Å². The highest BCUT2D eigenvalue weighted by Gasteiger charge is 2.24. The molecule has 0 saturated carbocycles. The third-order valence-corrected chi connectivity index (χ3v) is 5.14. The number of rotatable bonds is 5. The molecule has 1 unspecified atom stereocenters. The van der Waals surface area contributed by atoms with Crippen LogP contribution in [-0.4, -0.2) is 48.6 Å². The first-order valence-electron chi connectivity index (χ1n) is 9.08. The number of benzene rings is 1. The van der Waals surface area contributed by atoms with Crippen molar-refractivity contribution in [2.75, 3.05) is 26.7 Å². The molecule has 6 nitrogen and oxygen atoms in total. The molecule has 0 aliphatic carbocycles. The van der Waals surface area contributed by atoms with Crippen LogP contribution in [0, 0.1) is 0 Å². The fraction of sp³-hybridized carbons (Fsp3) is 0.400. The number of ether oxygens (including phenoxy) is 1. The van der Waals surface area contributed by atoms with E-state index in [2.05, 4.69) is 22.1 Å². The van der Waals surface area contributed by atoms with Gasteiger partial charge in [0, 0.05) is 29.4 Å². The van der Waals surface area contributed by atoms with E-state index in [4.69, 9.17) is 9.15 Å². The number of aromatic nitrogens is 1. The number of likely N-dealkylation sites (tertiary alicyclic amines) is 1. The Bertz CT molecular complexity index is 950. The van der Waals surface area contributed by atoms with Crippen molar-refractivity contribution in [1.29, 1.82) is 0 Å². The van der Waals surface area contributed by atoms with Crippen molar-refractivity contribution in [2.45, 2.75) is 25.8 Å². The molecule has 4 rings (SSSR count). The number of furan rings is 1. The minimum absolute atomic E-state index is 0.187. The number of nitrogens with one attached hydrogen (secondary N) is 1. The van der Waals surface area contributed by atoms with Crippen LogP contribution >= 0.6 is 0 Å². The van der Waals surface area contributed by atoms with Crippen LogP contribution in [0.5, 0.6) is 5.75 Å². The maximum Gasteiger partial charge on any atom is 0.287 e. The van der Waals surface area contributed by atoms with E-state index in [0.29, 0.717) is 24.1 Å². The summed E-state index contributed by atoms with van der Waals surface area (Å²) in [6.07, 6.45) is 2.32. The van der Waals surface area contributed by atoms with Crippen LogP contribution in [-0.2, 0) is 0 Å². The van der Waals surface area contributed by atoms with Crippen LogP contribution in [0.3, 0.4) is 0 Å². The van der Waals surface area contributed by atoms with Crippen LogP contribution in [0.2, 0.25) is 0 Å². The zero-order valence-corrected chi connectivity index (χ0v) is 15.1. The minimum Gasteiger partial charge on any atom is -0.497 e. The molecule has 3 heterocycles. The van der Waals surface area contributed by atoms with Crippen molar-refractivity contribution in [3.8, 4) is 5.75 Å². The van der Waals surface area contributed by atoms with E-state index in [1.807, 2.05) is 24.3 Å². The summed E-state index contributed by atoms with van der Waals surface area (Å²) < 4.78 is 10.9. The molecule has 6 heteroatoms. The molecule has 3 aromatic rings. The third-order valence-electron chi connectivity index (χ3n) is 5.14. The predicted octanol–water partition coefficient (Wildman–Crippen LogP) is 3.20. The average Bonchev–Trinajstić information content (AvgIpc) is 3.29. The average molecular weight is 353 g/mol. The molecule has 1 amide bonds. The molecule has 1 saturated heterocycles. The van der Waals surface area contributed by atoms with Crippen molar-refractivity contribution >= 4 is 27.9 Å². The summed E-state index contributed by atoms with van der Waals surface area (Å²) in [4.78, 5) is 19.4. The summed E-state index contributed by atoms with van der Waals surface area (Å²) in [7, 11) is 1.62. The number of methoxy groups -OCH3 is 1. The Morgan fingerprint density at radius 1 is 1.35 bits per heavy atom. The maximum atomic E-state index is 12.5. The molecule has 1 fully saturated rings. The number of carbonyl (C=O) groups is 1. The van der Waals surface area contributed by atoms with Crippen LogP contribution in [0.1, 0.15) is 30.3 Å². The zero-order chi connectivity index (χ0) is 18.1. The van der Waals surface area contributed by atoms with Crippen molar-refractivity contribution in [3.63, 3.8) is 0 Å². The fourth-order valence-electron chi connectivity index (χ4n) is 3.68. The topological polar surface area (TPSA) is 67.6 Å². The van der Waals surface area contributed by atoms with Gasteiger partial charge in [0.15, 0.2) is 5.76 Å². The summed E-state index contributed by atoms with van der Waals surface area (Å²) >= 11 is 0. The molecule has 26 heavy (non-hydrogen) atoms. The van der Waals surface area contributed by atoms with Gasteiger partial charge < -0.3 is 14.5 Å². The summed E-state index contributed by atoms with van der Waals surface area (Å²) in [6.45, 7) is 4.94. The summed E-state index contributed by atoms with van der Waals surface area (Å²) in [5, 5.41) is 4.81. The molecular formula is C20H23N3O3. The van der Waals surface area contributed by atoms with Gasteiger partial charge in [0.25, 0.3) is 5.91 Å². The van der Waals surface area contributed by atoms with E-state index in [1.54, 1.807) is 13.2 Å². The lowest BCUT2D eigenvalue weighted by Crippen LogP contribution is -2.39. The smallest absolute Gasteiger partial charge is 0.287 e. The second-order valence-electron chi connectivity index (χ2n) is 6.69. The van der Waals surface area contributed by atoms with Gasteiger partial charge in [-0.2, -0.15) is 0 Å². The molecule has 0 bridgehead atoms. The van der Waals surface area contributed by atoms with E-state index >= 15 is 0 Å². The Balaban J connectivity index is 1.54. The number of amides is 1. The second kappa shape index (κ2) is 6.96. The first-order chi connectivity index (χ1) is 12.7. The van der Waals surface area contributed by atoms with Gasteiger partial charge in [-0.25, -0.2) is 4.98 Å². The van der Waals surface area contributed by atoms with Crippen LogP contribution in [0.4, 0.5) is 0 Å². The molecule has 1 N–H and O–H groups in total. The minimum atomic E-state index is -0.187. The molecule has 136 valence electrons. The number of carbonyl (C=O) groups excluding carboxylic acids is 1. The van der Waals surface area contributed by atoms with Crippen molar-refractivity contribution in [1.82, 2.24) is 15.2 Å². The number of hydrogen-bond acceptors (Lipinski definition) is 5. The van der Waals surface area contributed by atoms with Gasteiger partial charge in [-0.1, -0.05) is 6.92 Å². The van der Waals surface area contributed by atoms with Crippen LogP contribution < -0.4 is 10.1 Å². The summed E-state index contributed by atoms with van der Waals surface area (Å²) in [5.74, 6) is 0.856. The van der Waals surface area contributed by atoms with E-state index in [9.17, 15) is 4.79 Å². The van der Waals surface area contributed by atoms with Gasteiger partial charge in [0.1, 0.15) is 5.75 Å². The van der Waals surface area contributed by atoms with Crippen molar-refractivity contribution in [2.24, 2.45) is 0 Å². The highest BCUT2D eigenvalue weighted by molar-refractivity contribution is 5.98. The third kappa shape index (κ3) is 3.12. The highest BCUT2D eigenvalue weighted by Crippen LogP contribution is 2.25.